The Kier molecular flexibility index (Phi) is 7.59. The van der Waals surface area contributed by atoms with Crippen LogP contribution in [0.25, 0.3) is 0 Å². The molecule has 1 saturated heterocycles. The van der Waals surface area contributed by atoms with E-state index in [1.54, 1.807) is 0 Å². The summed E-state index contributed by atoms with van der Waals surface area (Å²) in [7, 11) is 0. The topological polar surface area (TPSA) is 87.0 Å². The van der Waals surface area contributed by atoms with Crippen LogP contribution in [-0.2, 0) is 9.53 Å². The lowest BCUT2D eigenvalue weighted by molar-refractivity contribution is -0.293. The Morgan fingerprint density at radius 3 is 2.29 bits per heavy atom. The summed E-state index contributed by atoms with van der Waals surface area (Å²) in [6.45, 7) is 14.8. The highest BCUT2D eigenvalue weighted by molar-refractivity contribution is 5.74. The van der Waals surface area contributed by atoms with Crippen LogP contribution in [0.3, 0.4) is 0 Å². The zero-order chi connectivity index (χ0) is 30.4. The van der Waals surface area contributed by atoms with E-state index in [0.29, 0.717) is 24.9 Å². The molecule has 1 spiro atoms. The summed E-state index contributed by atoms with van der Waals surface area (Å²) < 4.78 is 6.28. The fourth-order valence-electron chi connectivity index (χ4n) is 13.9. The molecule has 3 N–H and O–H groups in total. The number of hydrogen-bond acceptors (Lipinski definition) is 4. The van der Waals surface area contributed by atoms with E-state index in [4.69, 9.17) is 4.74 Å². The molecule has 42 heavy (non-hydrogen) atoms. The first kappa shape index (κ1) is 31.3. The maximum Gasteiger partial charge on any atom is 0.309 e. The molecule has 6 rings (SSSR count). The molecule has 240 valence electrons. The second-order valence-electron chi connectivity index (χ2n) is 17.7. The summed E-state index contributed by atoms with van der Waals surface area (Å²) in [4.78, 5) is 12.7. The molecule has 2 bridgehead atoms. The van der Waals surface area contributed by atoms with Crippen molar-refractivity contribution in [3.05, 3.63) is 0 Å². The van der Waals surface area contributed by atoms with E-state index in [1.165, 1.54) is 44.9 Å². The van der Waals surface area contributed by atoms with Gasteiger partial charge in [-0.25, -0.2) is 0 Å². The maximum atomic E-state index is 12.7. The number of hydrogen-bond donors (Lipinski definition) is 3. The summed E-state index contributed by atoms with van der Waals surface area (Å²) in [6.07, 6.45) is 17.6. The van der Waals surface area contributed by atoms with Crippen LogP contribution in [0.5, 0.6) is 0 Å². The van der Waals surface area contributed by atoms with Gasteiger partial charge in [-0.3, -0.25) is 4.79 Å². The highest BCUT2D eigenvalue weighted by atomic mass is 16.6. The molecular weight excluding hydrogens is 524 g/mol. The van der Waals surface area contributed by atoms with E-state index in [0.717, 1.165) is 57.8 Å². The van der Waals surface area contributed by atoms with Crippen molar-refractivity contribution in [1.29, 1.82) is 0 Å². The number of ether oxygens (including phenoxy) is 1. The summed E-state index contributed by atoms with van der Waals surface area (Å²) in [5.41, 5.74) is -0.277. The molecule has 5 saturated carbocycles. The smallest absolute Gasteiger partial charge is 0.309 e. The van der Waals surface area contributed by atoms with Gasteiger partial charge in [-0.1, -0.05) is 66.7 Å². The zero-order valence-electron chi connectivity index (χ0n) is 27.8. The molecule has 5 nitrogen and oxygen atoms in total. The van der Waals surface area contributed by atoms with Crippen LogP contribution in [0, 0.1) is 56.2 Å². The van der Waals surface area contributed by atoms with Gasteiger partial charge >= 0.3 is 5.97 Å². The lowest BCUT2D eigenvalue weighted by atomic mass is 9.29. The number of carbonyl (C=O) groups is 1. The lowest BCUT2D eigenvalue weighted by Crippen LogP contribution is -2.71. The number of rotatable bonds is 8. The first-order valence-electron chi connectivity index (χ1n) is 18.0. The van der Waals surface area contributed by atoms with E-state index in [-0.39, 0.29) is 38.9 Å². The van der Waals surface area contributed by atoms with Crippen molar-refractivity contribution < 1.29 is 24.9 Å². The van der Waals surface area contributed by atoms with Crippen molar-refractivity contribution in [2.24, 2.45) is 56.2 Å². The van der Waals surface area contributed by atoms with Crippen LogP contribution in [0.2, 0.25) is 0 Å². The maximum absolute atomic E-state index is 12.7. The Balaban J connectivity index is 1.43. The predicted molar refractivity (Wildman–Crippen MR) is 166 cm³/mol. The number of aliphatic hydroxyl groups excluding tert-OH is 1. The van der Waals surface area contributed by atoms with Crippen molar-refractivity contribution in [3.63, 3.8) is 0 Å². The second kappa shape index (κ2) is 10.2. The molecule has 6 aliphatic rings. The molecule has 0 aromatic carbocycles. The Hall–Kier alpha value is -0.650. The van der Waals surface area contributed by atoms with Crippen LogP contribution in [0.1, 0.15) is 151 Å². The van der Waals surface area contributed by atoms with Gasteiger partial charge in [-0.2, -0.15) is 0 Å². The molecule has 0 aromatic heterocycles. The zero-order valence-corrected chi connectivity index (χ0v) is 27.8. The van der Waals surface area contributed by atoms with Crippen molar-refractivity contribution in [1.82, 2.24) is 0 Å². The van der Waals surface area contributed by atoms with Crippen molar-refractivity contribution in [3.8, 4) is 0 Å². The summed E-state index contributed by atoms with van der Waals surface area (Å²) in [6, 6.07) is 0. The van der Waals surface area contributed by atoms with Crippen molar-refractivity contribution >= 4 is 5.97 Å². The molecule has 12 unspecified atom stereocenters. The molecule has 0 radical (unpaired) electrons. The number of aliphatic hydroxyl groups is 2. The van der Waals surface area contributed by atoms with Gasteiger partial charge in [0.1, 0.15) is 0 Å². The number of carboxylic acids is 1. The third-order valence-corrected chi connectivity index (χ3v) is 16.0. The summed E-state index contributed by atoms with van der Waals surface area (Å²) in [5.74, 6) is -0.566. The monoisotopic (exact) mass is 586 g/mol. The van der Waals surface area contributed by atoms with E-state index in [9.17, 15) is 20.1 Å². The van der Waals surface area contributed by atoms with Gasteiger partial charge in [0.25, 0.3) is 0 Å². The Bertz CT molecular complexity index is 1060. The Morgan fingerprint density at radius 2 is 1.60 bits per heavy atom. The van der Waals surface area contributed by atoms with E-state index in [2.05, 4.69) is 34.6 Å². The van der Waals surface area contributed by atoms with Gasteiger partial charge in [-0.05, 0) is 117 Å². The summed E-state index contributed by atoms with van der Waals surface area (Å²) >= 11 is 0. The molecular formula is C37H62O5. The van der Waals surface area contributed by atoms with E-state index >= 15 is 0 Å². The third kappa shape index (κ3) is 4.00. The minimum absolute atomic E-state index is 0.00112. The summed E-state index contributed by atoms with van der Waals surface area (Å²) in [5, 5.41) is 34.0. The lowest BCUT2D eigenvalue weighted by Gasteiger charge is -2.75. The minimum Gasteiger partial charge on any atom is -0.481 e. The van der Waals surface area contributed by atoms with Crippen LogP contribution in [0.15, 0.2) is 0 Å². The molecule has 0 aromatic rings. The largest absolute Gasteiger partial charge is 0.481 e. The van der Waals surface area contributed by atoms with Crippen LogP contribution in [-0.4, -0.2) is 39.8 Å². The van der Waals surface area contributed by atoms with Gasteiger partial charge in [0.15, 0.2) is 5.79 Å². The Labute approximate surface area is 255 Å². The first-order chi connectivity index (χ1) is 19.7. The molecule has 5 aliphatic carbocycles. The molecule has 1 aliphatic heterocycles. The van der Waals surface area contributed by atoms with Crippen molar-refractivity contribution in [2.75, 3.05) is 6.61 Å². The molecule has 1 heterocycles. The SMILES string of the molecule is CCCCCCC12CCC3(C)C4C(O)CC5(O)OCC4(CCC3C1(C)CCC1(C)CCC(C)(C(=O)O)CC12)C5CCC. The first-order valence-corrected chi connectivity index (χ1v) is 18.0. The van der Waals surface area contributed by atoms with Crippen LogP contribution < -0.4 is 0 Å². The van der Waals surface area contributed by atoms with Gasteiger partial charge in [0, 0.05) is 17.8 Å². The number of aliphatic carboxylic acids is 1. The molecule has 5 heteroatoms. The Morgan fingerprint density at radius 1 is 0.857 bits per heavy atom. The average Bonchev–Trinajstić information content (AvgIpc) is 3.11. The third-order valence-electron chi connectivity index (χ3n) is 16.0. The molecule has 0 amide bonds. The fraction of sp³-hybridized carbons (Fsp3) is 0.973. The normalized spacial score (nSPS) is 54.8. The molecule has 6 fully saturated rings. The van der Waals surface area contributed by atoms with Gasteiger partial charge in [-0.15, -0.1) is 0 Å². The van der Waals surface area contributed by atoms with Gasteiger partial charge in [0.2, 0.25) is 0 Å². The number of carboxylic acid groups (broad SMARTS) is 1. The van der Waals surface area contributed by atoms with E-state index in [1.807, 2.05) is 6.92 Å². The minimum atomic E-state index is -1.17. The van der Waals surface area contributed by atoms with Crippen molar-refractivity contribution in [2.45, 2.75) is 163 Å². The highest BCUT2D eigenvalue weighted by Gasteiger charge is 2.76. The molecule has 12 atom stereocenters. The quantitative estimate of drug-likeness (QED) is 0.249. The van der Waals surface area contributed by atoms with Crippen LogP contribution in [0.4, 0.5) is 0 Å². The van der Waals surface area contributed by atoms with E-state index < -0.39 is 23.3 Å². The van der Waals surface area contributed by atoms with Gasteiger partial charge < -0.3 is 20.1 Å². The average molecular weight is 587 g/mol. The predicted octanol–water partition coefficient (Wildman–Crippen LogP) is 8.35. The van der Waals surface area contributed by atoms with Gasteiger partial charge in [0.05, 0.1) is 18.1 Å². The fourth-order valence-corrected chi connectivity index (χ4v) is 13.9. The van der Waals surface area contributed by atoms with Crippen LogP contribution >= 0.6 is 0 Å². The number of fused-ring (bicyclic) bond motifs is 7. The number of unbranched alkanes of at least 4 members (excludes halogenated alkanes) is 3. The standard InChI is InChI=1S/C37H62O5/c1-7-9-10-11-14-36-21-19-33(5)26(13-15-35-24-42-37(41,27(35)12-8-2)22-25(38)29(33)35)34(36,6)20-18-31(3)16-17-32(4,30(39)40)23-28(31)36/h25-29,38,41H,7-24H2,1-6H3,(H,39,40). The highest BCUT2D eigenvalue weighted by Crippen LogP contribution is 2.80. The second-order valence-corrected chi connectivity index (χ2v) is 17.7.